The average Bonchev–Trinajstić information content (AvgIpc) is 1.82. The van der Waals surface area contributed by atoms with Crippen molar-refractivity contribution in [2.75, 3.05) is 0 Å². The fourth-order valence-corrected chi connectivity index (χ4v) is 0.325. The molecule has 0 spiro atoms. The first-order valence-corrected chi connectivity index (χ1v) is 2.78. The van der Waals surface area contributed by atoms with Crippen LogP contribution in [-0.2, 0) is 4.79 Å². The van der Waals surface area contributed by atoms with Crippen LogP contribution in [0.5, 0.6) is 0 Å². The molecule has 0 aliphatic heterocycles. The summed E-state index contributed by atoms with van der Waals surface area (Å²) in [5, 5.41) is 8.00. The van der Waals surface area contributed by atoms with Gasteiger partial charge >= 0.3 is 5.97 Å². The van der Waals surface area contributed by atoms with E-state index in [1.807, 2.05) is 0 Å². The quantitative estimate of drug-likeness (QED) is 0.476. The molecule has 0 aliphatic rings. The van der Waals surface area contributed by atoms with Crippen molar-refractivity contribution in [3.8, 4) is 0 Å². The molecule has 1 N–H and O–H groups in total. The maximum Gasteiger partial charge on any atom is 0.347 e. The summed E-state index contributed by atoms with van der Waals surface area (Å²) in [7, 11) is 0. The van der Waals surface area contributed by atoms with Gasteiger partial charge < -0.3 is 5.11 Å². The van der Waals surface area contributed by atoms with Crippen LogP contribution >= 0.6 is 11.6 Å². The molecule has 0 heterocycles. The van der Waals surface area contributed by atoms with Crippen molar-refractivity contribution in [3.05, 3.63) is 23.3 Å². The number of carbonyl (C=O) groups is 1. The van der Waals surface area contributed by atoms with Crippen LogP contribution in [-0.4, -0.2) is 11.1 Å². The molecule has 0 fully saturated rings. The summed E-state index contributed by atoms with van der Waals surface area (Å²) in [5.41, 5.74) is 0. The molecule has 0 radical (unpaired) electrons. The molecule has 0 saturated heterocycles. The van der Waals surface area contributed by atoms with E-state index in [-0.39, 0.29) is 5.03 Å². The molecular weight excluding hydrogens is 140 g/mol. The van der Waals surface area contributed by atoms with Crippen molar-refractivity contribution in [1.82, 2.24) is 0 Å². The minimum absolute atomic E-state index is 0.173. The maximum atomic E-state index is 9.97. The second-order valence-corrected chi connectivity index (χ2v) is 1.75. The van der Waals surface area contributed by atoms with Crippen LogP contribution < -0.4 is 0 Å². The Labute approximate surface area is 58.4 Å². The second kappa shape index (κ2) is 4.15. The smallest absolute Gasteiger partial charge is 0.347 e. The van der Waals surface area contributed by atoms with E-state index in [0.717, 1.165) is 0 Å². The van der Waals surface area contributed by atoms with Gasteiger partial charge in [-0.15, -0.1) is 0 Å². The molecule has 0 bridgehead atoms. The Morgan fingerprint density at radius 3 is 2.56 bits per heavy atom. The maximum absolute atomic E-state index is 9.97. The summed E-state index contributed by atoms with van der Waals surface area (Å²) in [4.78, 5) is 9.97. The van der Waals surface area contributed by atoms with Crippen LogP contribution in [0, 0.1) is 0 Å². The van der Waals surface area contributed by atoms with Crippen LogP contribution in [0.15, 0.2) is 23.3 Å². The average molecular weight is 147 g/mol. The lowest BCUT2D eigenvalue weighted by atomic mass is 10.4. The second-order valence-electron chi connectivity index (χ2n) is 1.35. The Balaban J connectivity index is 4.00. The Bertz CT molecular complexity index is 158. The Morgan fingerprint density at radius 2 is 2.22 bits per heavy atom. The van der Waals surface area contributed by atoms with Crippen LogP contribution in [0.1, 0.15) is 6.92 Å². The summed E-state index contributed by atoms with van der Waals surface area (Å²) < 4.78 is 0. The van der Waals surface area contributed by atoms with Gasteiger partial charge in [0.1, 0.15) is 5.03 Å². The molecule has 0 rings (SSSR count). The first-order chi connectivity index (χ1) is 4.18. The lowest BCUT2D eigenvalue weighted by molar-refractivity contribution is -0.131. The van der Waals surface area contributed by atoms with Crippen molar-refractivity contribution < 1.29 is 9.90 Å². The van der Waals surface area contributed by atoms with Gasteiger partial charge in [-0.2, -0.15) is 0 Å². The molecule has 9 heavy (non-hydrogen) atoms. The van der Waals surface area contributed by atoms with Gasteiger partial charge in [0.15, 0.2) is 0 Å². The molecule has 0 aliphatic carbocycles. The van der Waals surface area contributed by atoms with Crippen LogP contribution in [0.3, 0.4) is 0 Å². The molecule has 0 aromatic rings. The summed E-state index contributed by atoms with van der Waals surface area (Å²) in [6.07, 6.45) is 4.59. The standard InChI is InChI=1S/C6H7ClO2/c1-2-3-4-5(7)6(8)9/h2-4H,1H3,(H,8,9)/b3-2+,5-4+. The summed E-state index contributed by atoms with van der Waals surface area (Å²) in [6.45, 7) is 1.78. The van der Waals surface area contributed by atoms with E-state index < -0.39 is 5.97 Å². The summed E-state index contributed by atoms with van der Waals surface area (Å²) >= 11 is 5.20. The van der Waals surface area contributed by atoms with E-state index in [9.17, 15) is 4.79 Å². The zero-order valence-corrected chi connectivity index (χ0v) is 5.72. The Hall–Kier alpha value is -0.760. The van der Waals surface area contributed by atoms with Crippen molar-refractivity contribution in [1.29, 1.82) is 0 Å². The topological polar surface area (TPSA) is 37.3 Å². The minimum atomic E-state index is -1.10. The van der Waals surface area contributed by atoms with Crippen molar-refractivity contribution in [2.24, 2.45) is 0 Å². The predicted molar refractivity (Wildman–Crippen MR) is 36.4 cm³/mol. The van der Waals surface area contributed by atoms with Gasteiger partial charge in [-0.25, -0.2) is 4.79 Å². The van der Waals surface area contributed by atoms with Gasteiger partial charge in [0, 0.05) is 0 Å². The first-order valence-electron chi connectivity index (χ1n) is 2.40. The predicted octanol–water partition coefficient (Wildman–Crippen LogP) is 1.77. The highest BCUT2D eigenvalue weighted by atomic mass is 35.5. The summed E-state index contributed by atoms with van der Waals surface area (Å²) in [6, 6.07) is 0. The Morgan fingerprint density at radius 1 is 1.67 bits per heavy atom. The molecule has 0 atom stereocenters. The van der Waals surface area contributed by atoms with E-state index >= 15 is 0 Å². The molecule has 0 unspecified atom stereocenters. The van der Waals surface area contributed by atoms with Crippen molar-refractivity contribution in [2.45, 2.75) is 6.92 Å². The molecular formula is C6H7ClO2. The van der Waals surface area contributed by atoms with Crippen LogP contribution in [0.25, 0.3) is 0 Å². The van der Waals surface area contributed by atoms with Gasteiger partial charge in [0.25, 0.3) is 0 Å². The number of carboxylic acid groups (broad SMARTS) is 1. The van der Waals surface area contributed by atoms with Crippen LogP contribution in [0.4, 0.5) is 0 Å². The molecule has 50 valence electrons. The van der Waals surface area contributed by atoms with E-state index in [2.05, 4.69) is 0 Å². The fraction of sp³-hybridized carbons (Fsp3) is 0.167. The van der Waals surface area contributed by atoms with Crippen molar-refractivity contribution >= 4 is 17.6 Å². The van der Waals surface area contributed by atoms with E-state index in [1.54, 1.807) is 19.1 Å². The SMILES string of the molecule is C/C=C/C=C(/Cl)C(=O)O. The zero-order valence-electron chi connectivity index (χ0n) is 4.97. The van der Waals surface area contributed by atoms with E-state index in [4.69, 9.17) is 16.7 Å². The highest BCUT2D eigenvalue weighted by Gasteiger charge is 1.98. The third-order valence-electron chi connectivity index (χ3n) is 0.639. The van der Waals surface area contributed by atoms with Gasteiger partial charge in [-0.3, -0.25) is 0 Å². The molecule has 0 aromatic heterocycles. The van der Waals surface area contributed by atoms with Gasteiger partial charge in [0.2, 0.25) is 0 Å². The molecule has 2 nitrogen and oxygen atoms in total. The largest absolute Gasteiger partial charge is 0.477 e. The van der Waals surface area contributed by atoms with Gasteiger partial charge in [-0.1, -0.05) is 23.8 Å². The lowest BCUT2D eigenvalue weighted by Gasteiger charge is -1.82. The molecule has 0 saturated carbocycles. The number of rotatable bonds is 2. The van der Waals surface area contributed by atoms with Gasteiger partial charge in [0.05, 0.1) is 0 Å². The molecule has 0 aromatic carbocycles. The fourth-order valence-electron chi connectivity index (χ4n) is 0.252. The number of hydrogen-bond donors (Lipinski definition) is 1. The monoisotopic (exact) mass is 146 g/mol. The van der Waals surface area contributed by atoms with Gasteiger partial charge in [-0.05, 0) is 13.0 Å². The number of carboxylic acids is 1. The number of hydrogen-bond acceptors (Lipinski definition) is 1. The third-order valence-corrected chi connectivity index (χ3v) is 0.927. The number of aliphatic carboxylic acids is 1. The van der Waals surface area contributed by atoms with Crippen molar-refractivity contribution in [3.63, 3.8) is 0 Å². The molecule has 0 amide bonds. The summed E-state index contributed by atoms with van der Waals surface area (Å²) in [5.74, 6) is -1.10. The van der Waals surface area contributed by atoms with E-state index in [1.165, 1.54) is 6.08 Å². The third kappa shape index (κ3) is 3.79. The minimum Gasteiger partial charge on any atom is -0.477 e. The highest BCUT2D eigenvalue weighted by Crippen LogP contribution is 1.99. The zero-order chi connectivity index (χ0) is 7.28. The first kappa shape index (κ1) is 8.24. The lowest BCUT2D eigenvalue weighted by Crippen LogP contribution is -1.91. The number of halogens is 1. The number of allylic oxidation sites excluding steroid dienone is 3. The molecule has 3 heteroatoms. The normalized spacial score (nSPS) is 12.4. The van der Waals surface area contributed by atoms with E-state index in [0.29, 0.717) is 0 Å². The van der Waals surface area contributed by atoms with Crippen LogP contribution in [0.2, 0.25) is 0 Å². The Kier molecular flexibility index (Phi) is 3.80. The highest BCUT2D eigenvalue weighted by molar-refractivity contribution is 6.41.